The van der Waals surface area contributed by atoms with E-state index < -0.39 is 5.82 Å². The predicted molar refractivity (Wildman–Crippen MR) is 105 cm³/mol. The first-order valence-corrected chi connectivity index (χ1v) is 9.35. The first-order chi connectivity index (χ1) is 12.6. The monoisotopic (exact) mass is 445 g/mol. The topological polar surface area (TPSA) is 39.7 Å². The summed E-state index contributed by atoms with van der Waals surface area (Å²) in [5.74, 6) is 0.681. The highest BCUT2D eigenvalue weighted by Gasteiger charge is 2.14. The van der Waals surface area contributed by atoms with E-state index in [4.69, 9.17) is 25.8 Å². The molecule has 0 aliphatic carbocycles. The molecule has 0 amide bonds. The van der Waals surface area contributed by atoms with Gasteiger partial charge in [0.25, 0.3) is 0 Å². The zero-order chi connectivity index (χ0) is 18.9. The van der Waals surface area contributed by atoms with Gasteiger partial charge in [-0.25, -0.2) is 4.39 Å². The minimum atomic E-state index is -0.399. The lowest BCUT2D eigenvalue weighted by molar-refractivity contribution is 0.194. The molecule has 1 N–H and O–H groups in total. The standard InChI is InChI=1S/C19H22BrClFNO3/c1-24-8-4-7-23-11-13-9-15(20)19(18(10-13)25-2)26-12-14-16(21)5-3-6-17(14)22/h3,5-6,9-10,23H,4,7-8,11-12H2,1-2H3. The van der Waals surface area contributed by atoms with E-state index in [1.54, 1.807) is 26.4 Å². The first kappa shape index (κ1) is 21.0. The summed E-state index contributed by atoms with van der Waals surface area (Å²) >= 11 is 9.55. The van der Waals surface area contributed by atoms with Crippen LogP contribution in [0.1, 0.15) is 17.5 Å². The Morgan fingerprint density at radius 3 is 2.73 bits per heavy atom. The van der Waals surface area contributed by atoms with E-state index >= 15 is 0 Å². The van der Waals surface area contributed by atoms with Crippen molar-refractivity contribution in [2.45, 2.75) is 19.6 Å². The smallest absolute Gasteiger partial charge is 0.175 e. The molecule has 0 aromatic heterocycles. The largest absolute Gasteiger partial charge is 0.493 e. The second-order valence-corrected chi connectivity index (χ2v) is 6.88. The van der Waals surface area contributed by atoms with Gasteiger partial charge in [0.15, 0.2) is 11.5 Å². The summed E-state index contributed by atoms with van der Waals surface area (Å²) in [6.07, 6.45) is 0.944. The van der Waals surface area contributed by atoms with E-state index in [0.717, 1.165) is 29.6 Å². The molecule has 0 fully saturated rings. The van der Waals surface area contributed by atoms with Crippen molar-refractivity contribution in [3.05, 3.63) is 56.8 Å². The molecule has 0 spiro atoms. The van der Waals surface area contributed by atoms with Gasteiger partial charge in [0.1, 0.15) is 12.4 Å². The Hall–Kier alpha value is -1.34. The Balaban J connectivity index is 2.06. The molecule has 0 aliphatic rings. The van der Waals surface area contributed by atoms with Crippen LogP contribution in [0.2, 0.25) is 5.02 Å². The lowest BCUT2D eigenvalue weighted by Crippen LogP contribution is -2.16. The van der Waals surface area contributed by atoms with Gasteiger partial charge in [-0.3, -0.25) is 0 Å². The Morgan fingerprint density at radius 2 is 2.04 bits per heavy atom. The van der Waals surface area contributed by atoms with E-state index in [9.17, 15) is 4.39 Å². The summed E-state index contributed by atoms with van der Waals surface area (Å²) in [4.78, 5) is 0. The molecule has 142 valence electrons. The quantitative estimate of drug-likeness (QED) is 0.524. The highest BCUT2D eigenvalue weighted by atomic mass is 79.9. The third-order valence-corrected chi connectivity index (χ3v) is 4.69. The highest BCUT2D eigenvalue weighted by Crippen LogP contribution is 2.37. The summed E-state index contributed by atoms with van der Waals surface area (Å²) in [5, 5.41) is 3.67. The van der Waals surface area contributed by atoms with Crippen molar-refractivity contribution in [2.75, 3.05) is 27.4 Å². The summed E-state index contributed by atoms with van der Waals surface area (Å²) in [6.45, 7) is 2.29. The molecule has 0 bridgehead atoms. The molecule has 0 radical (unpaired) electrons. The van der Waals surface area contributed by atoms with Crippen LogP contribution < -0.4 is 14.8 Å². The minimum Gasteiger partial charge on any atom is -0.493 e. The van der Waals surface area contributed by atoms with Crippen LogP contribution in [-0.2, 0) is 17.9 Å². The van der Waals surface area contributed by atoms with Gasteiger partial charge in [-0.05, 0) is 58.7 Å². The van der Waals surface area contributed by atoms with Crippen molar-refractivity contribution in [1.29, 1.82) is 0 Å². The van der Waals surface area contributed by atoms with Crippen LogP contribution in [-0.4, -0.2) is 27.4 Å². The fraction of sp³-hybridized carbons (Fsp3) is 0.368. The van der Waals surface area contributed by atoms with Gasteiger partial charge >= 0.3 is 0 Å². The first-order valence-electron chi connectivity index (χ1n) is 8.18. The molecule has 7 heteroatoms. The van der Waals surface area contributed by atoms with Crippen molar-refractivity contribution < 1.29 is 18.6 Å². The van der Waals surface area contributed by atoms with Crippen LogP contribution >= 0.6 is 27.5 Å². The number of halogens is 3. The molecule has 4 nitrogen and oxygen atoms in total. The average molecular weight is 447 g/mol. The zero-order valence-corrected chi connectivity index (χ0v) is 17.1. The molecule has 2 aromatic carbocycles. The summed E-state index contributed by atoms with van der Waals surface area (Å²) in [5.41, 5.74) is 1.36. The van der Waals surface area contributed by atoms with Gasteiger partial charge < -0.3 is 19.5 Å². The van der Waals surface area contributed by atoms with Gasteiger partial charge in [0, 0.05) is 25.8 Å². The lowest BCUT2D eigenvalue weighted by Gasteiger charge is -2.15. The summed E-state index contributed by atoms with van der Waals surface area (Å²) < 4.78 is 30.9. The second-order valence-electron chi connectivity index (χ2n) is 5.62. The van der Waals surface area contributed by atoms with E-state index in [-0.39, 0.29) is 6.61 Å². The van der Waals surface area contributed by atoms with Crippen LogP contribution in [0.15, 0.2) is 34.8 Å². The van der Waals surface area contributed by atoms with Crippen LogP contribution in [0.25, 0.3) is 0 Å². The number of methoxy groups -OCH3 is 2. The third-order valence-electron chi connectivity index (χ3n) is 3.74. The maximum absolute atomic E-state index is 13.9. The van der Waals surface area contributed by atoms with Gasteiger partial charge in [-0.2, -0.15) is 0 Å². The maximum atomic E-state index is 13.9. The van der Waals surface area contributed by atoms with Gasteiger partial charge in [-0.1, -0.05) is 17.7 Å². The number of rotatable bonds is 10. The molecule has 0 atom stereocenters. The highest BCUT2D eigenvalue weighted by molar-refractivity contribution is 9.10. The van der Waals surface area contributed by atoms with Crippen molar-refractivity contribution in [1.82, 2.24) is 5.32 Å². The molecular formula is C19H22BrClFNO3. The van der Waals surface area contributed by atoms with Crippen LogP contribution in [0.4, 0.5) is 4.39 Å². The Morgan fingerprint density at radius 1 is 1.23 bits per heavy atom. The molecular weight excluding hydrogens is 425 g/mol. The van der Waals surface area contributed by atoms with E-state index in [1.165, 1.54) is 6.07 Å². The molecule has 0 saturated carbocycles. The van der Waals surface area contributed by atoms with E-state index in [1.807, 2.05) is 12.1 Å². The van der Waals surface area contributed by atoms with Crippen LogP contribution in [0, 0.1) is 5.82 Å². The minimum absolute atomic E-state index is 0.00901. The Kier molecular flexibility index (Phi) is 8.65. The molecule has 0 unspecified atom stereocenters. The van der Waals surface area contributed by atoms with Gasteiger partial charge in [0.05, 0.1) is 16.6 Å². The Labute approximate surface area is 166 Å². The van der Waals surface area contributed by atoms with Crippen molar-refractivity contribution in [3.63, 3.8) is 0 Å². The Bertz CT molecular complexity index is 710. The number of hydrogen-bond donors (Lipinski definition) is 1. The number of benzene rings is 2. The van der Waals surface area contributed by atoms with E-state index in [0.29, 0.717) is 28.6 Å². The maximum Gasteiger partial charge on any atom is 0.175 e. The number of nitrogens with one attached hydrogen (secondary N) is 1. The number of ether oxygens (including phenoxy) is 3. The molecule has 0 saturated heterocycles. The van der Waals surface area contributed by atoms with Crippen LogP contribution in [0.3, 0.4) is 0 Å². The summed E-state index contributed by atoms with van der Waals surface area (Å²) in [6, 6.07) is 8.39. The van der Waals surface area contributed by atoms with Gasteiger partial charge in [0.2, 0.25) is 0 Å². The third kappa shape index (κ3) is 5.84. The molecule has 2 rings (SSSR count). The predicted octanol–water partition coefficient (Wildman–Crippen LogP) is 4.96. The normalized spacial score (nSPS) is 10.8. The molecule has 26 heavy (non-hydrogen) atoms. The van der Waals surface area contributed by atoms with Crippen molar-refractivity contribution >= 4 is 27.5 Å². The molecule has 0 heterocycles. The fourth-order valence-corrected chi connectivity index (χ4v) is 3.23. The van der Waals surface area contributed by atoms with Crippen molar-refractivity contribution in [3.8, 4) is 11.5 Å². The molecule has 0 aliphatic heterocycles. The second kappa shape index (κ2) is 10.7. The number of hydrogen-bond acceptors (Lipinski definition) is 4. The van der Waals surface area contributed by atoms with E-state index in [2.05, 4.69) is 21.2 Å². The molecule has 2 aromatic rings. The van der Waals surface area contributed by atoms with Crippen LogP contribution in [0.5, 0.6) is 11.5 Å². The zero-order valence-electron chi connectivity index (χ0n) is 14.8. The van der Waals surface area contributed by atoms with Gasteiger partial charge in [-0.15, -0.1) is 0 Å². The fourth-order valence-electron chi connectivity index (χ4n) is 2.40. The lowest BCUT2D eigenvalue weighted by atomic mass is 10.2. The average Bonchev–Trinajstić information content (AvgIpc) is 2.62. The van der Waals surface area contributed by atoms with Crippen molar-refractivity contribution in [2.24, 2.45) is 0 Å². The SMILES string of the molecule is COCCCNCc1cc(Br)c(OCc2c(F)cccc2Cl)c(OC)c1. The summed E-state index contributed by atoms with van der Waals surface area (Å²) in [7, 11) is 3.26.